The Morgan fingerprint density at radius 1 is 1.26 bits per heavy atom. The lowest BCUT2D eigenvalue weighted by Gasteiger charge is -2.04. The van der Waals surface area contributed by atoms with E-state index in [9.17, 15) is 4.79 Å². The van der Waals surface area contributed by atoms with E-state index in [1.807, 2.05) is 35.7 Å². The standard InChI is InChI=1S/C13H11N3OS2/c14-7-3-1-2-4-9(7)19-12-10(13(15)17)16-8-5-6-18-11(8)12/h1-6,16H,14H2,(H2,15,17). The smallest absolute Gasteiger partial charge is 0.266 e. The lowest BCUT2D eigenvalue weighted by molar-refractivity contribution is 0.0993. The summed E-state index contributed by atoms with van der Waals surface area (Å²) < 4.78 is 1.03. The summed E-state index contributed by atoms with van der Waals surface area (Å²) in [5, 5.41) is 1.98. The third-order valence-corrected chi connectivity index (χ3v) is 5.00. The van der Waals surface area contributed by atoms with E-state index in [0.717, 1.165) is 20.0 Å². The fourth-order valence-corrected chi connectivity index (χ4v) is 3.92. The molecule has 0 unspecified atom stereocenters. The first kappa shape index (κ1) is 12.1. The Balaban J connectivity index is 2.13. The molecule has 1 amide bonds. The highest BCUT2D eigenvalue weighted by molar-refractivity contribution is 8.00. The molecule has 2 heterocycles. The van der Waals surface area contributed by atoms with E-state index in [0.29, 0.717) is 11.4 Å². The van der Waals surface area contributed by atoms with Crippen molar-refractivity contribution in [2.75, 3.05) is 5.73 Å². The Morgan fingerprint density at radius 2 is 2.05 bits per heavy atom. The molecule has 6 heteroatoms. The van der Waals surface area contributed by atoms with Crippen molar-refractivity contribution in [2.45, 2.75) is 9.79 Å². The molecule has 3 rings (SSSR count). The average Bonchev–Trinajstić information content (AvgIpc) is 2.94. The maximum Gasteiger partial charge on any atom is 0.266 e. The van der Waals surface area contributed by atoms with Crippen LogP contribution in [0.1, 0.15) is 10.5 Å². The minimum atomic E-state index is -0.458. The van der Waals surface area contributed by atoms with Crippen LogP contribution in [0.3, 0.4) is 0 Å². The zero-order chi connectivity index (χ0) is 13.4. The van der Waals surface area contributed by atoms with Gasteiger partial charge in [0.2, 0.25) is 0 Å². The van der Waals surface area contributed by atoms with Crippen molar-refractivity contribution in [3.8, 4) is 0 Å². The number of anilines is 1. The molecule has 3 aromatic rings. The number of primary amides is 1. The van der Waals surface area contributed by atoms with Gasteiger partial charge in [-0.05, 0) is 23.6 Å². The van der Waals surface area contributed by atoms with E-state index in [1.165, 1.54) is 11.8 Å². The molecule has 2 aromatic heterocycles. The maximum atomic E-state index is 11.5. The van der Waals surface area contributed by atoms with Gasteiger partial charge in [0.1, 0.15) is 5.69 Å². The number of hydrogen-bond donors (Lipinski definition) is 3. The van der Waals surface area contributed by atoms with Crippen LogP contribution in [-0.4, -0.2) is 10.9 Å². The van der Waals surface area contributed by atoms with Crippen molar-refractivity contribution in [1.82, 2.24) is 4.98 Å². The summed E-state index contributed by atoms with van der Waals surface area (Å²) in [5.41, 5.74) is 13.4. The highest BCUT2D eigenvalue weighted by Gasteiger charge is 2.18. The zero-order valence-corrected chi connectivity index (χ0v) is 11.5. The molecule has 19 heavy (non-hydrogen) atoms. The van der Waals surface area contributed by atoms with Crippen molar-refractivity contribution >= 4 is 44.9 Å². The average molecular weight is 289 g/mol. The number of fused-ring (bicyclic) bond motifs is 1. The lowest BCUT2D eigenvalue weighted by Crippen LogP contribution is -2.12. The lowest BCUT2D eigenvalue weighted by atomic mass is 10.3. The number of benzene rings is 1. The largest absolute Gasteiger partial charge is 0.398 e. The topological polar surface area (TPSA) is 84.9 Å². The first-order chi connectivity index (χ1) is 9.16. The minimum Gasteiger partial charge on any atom is -0.398 e. The number of carbonyl (C=O) groups excluding carboxylic acids is 1. The van der Waals surface area contributed by atoms with Crippen LogP contribution in [0.5, 0.6) is 0 Å². The first-order valence-electron chi connectivity index (χ1n) is 5.58. The fraction of sp³-hybridized carbons (Fsp3) is 0. The van der Waals surface area contributed by atoms with Crippen molar-refractivity contribution in [3.63, 3.8) is 0 Å². The second-order valence-electron chi connectivity index (χ2n) is 4.00. The van der Waals surface area contributed by atoms with Gasteiger partial charge in [0.05, 0.1) is 15.1 Å². The maximum absolute atomic E-state index is 11.5. The summed E-state index contributed by atoms with van der Waals surface area (Å²) in [6.45, 7) is 0. The first-order valence-corrected chi connectivity index (χ1v) is 7.28. The van der Waals surface area contributed by atoms with Crippen LogP contribution in [0, 0.1) is 0 Å². The molecule has 0 spiro atoms. The molecule has 0 aliphatic heterocycles. The van der Waals surface area contributed by atoms with Crippen LogP contribution < -0.4 is 11.5 Å². The molecule has 0 fully saturated rings. The Bertz CT molecular complexity index is 760. The van der Waals surface area contributed by atoms with Crippen LogP contribution in [0.4, 0.5) is 5.69 Å². The molecule has 4 nitrogen and oxygen atoms in total. The summed E-state index contributed by atoms with van der Waals surface area (Å²) in [5.74, 6) is -0.458. The van der Waals surface area contributed by atoms with Gasteiger partial charge < -0.3 is 16.5 Å². The van der Waals surface area contributed by atoms with Crippen molar-refractivity contribution in [1.29, 1.82) is 0 Å². The molecule has 0 bridgehead atoms. The number of amides is 1. The van der Waals surface area contributed by atoms with E-state index in [4.69, 9.17) is 11.5 Å². The van der Waals surface area contributed by atoms with Gasteiger partial charge in [-0.3, -0.25) is 4.79 Å². The predicted octanol–water partition coefficient (Wildman–Crippen LogP) is 3.06. The third-order valence-electron chi connectivity index (χ3n) is 2.74. The number of nitrogens with two attached hydrogens (primary N) is 2. The number of thiophene rings is 1. The highest BCUT2D eigenvalue weighted by Crippen LogP contribution is 2.40. The van der Waals surface area contributed by atoms with Crippen LogP contribution >= 0.6 is 23.1 Å². The van der Waals surface area contributed by atoms with Gasteiger partial charge in [-0.25, -0.2) is 0 Å². The molecule has 1 aromatic carbocycles. The Hall–Kier alpha value is -1.92. The number of aromatic nitrogens is 1. The van der Waals surface area contributed by atoms with Crippen LogP contribution in [0.15, 0.2) is 45.5 Å². The normalized spacial score (nSPS) is 10.9. The molecular weight excluding hydrogens is 278 g/mol. The summed E-state index contributed by atoms with van der Waals surface area (Å²) in [6.07, 6.45) is 0. The van der Waals surface area contributed by atoms with Crippen molar-refractivity contribution in [2.24, 2.45) is 5.73 Å². The summed E-state index contributed by atoms with van der Waals surface area (Å²) >= 11 is 3.04. The summed E-state index contributed by atoms with van der Waals surface area (Å²) in [6, 6.07) is 9.50. The minimum absolute atomic E-state index is 0.440. The van der Waals surface area contributed by atoms with Gasteiger partial charge in [-0.1, -0.05) is 23.9 Å². The molecule has 0 aliphatic carbocycles. The molecule has 0 aliphatic rings. The van der Waals surface area contributed by atoms with Gasteiger partial charge in [-0.2, -0.15) is 0 Å². The number of aromatic amines is 1. The van der Waals surface area contributed by atoms with E-state index >= 15 is 0 Å². The third kappa shape index (κ3) is 2.09. The van der Waals surface area contributed by atoms with Crippen LogP contribution in [0.2, 0.25) is 0 Å². The molecule has 0 radical (unpaired) electrons. The van der Waals surface area contributed by atoms with E-state index in [2.05, 4.69) is 4.98 Å². The molecule has 96 valence electrons. The zero-order valence-electron chi connectivity index (χ0n) is 9.84. The molecule has 0 saturated carbocycles. The van der Waals surface area contributed by atoms with Gasteiger partial charge in [0.15, 0.2) is 0 Å². The summed E-state index contributed by atoms with van der Waals surface area (Å²) in [7, 11) is 0. The van der Waals surface area contributed by atoms with Crippen molar-refractivity contribution in [3.05, 3.63) is 41.4 Å². The monoisotopic (exact) mass is 289 g/mol. The van der Waals surface area contributed by atoms with Gasteiger partial charge in [0.25, 0.3) is 5.91 Å². The van der Waals surface area contributed by atoms with Crippen LogP contribution in [0.25, 0.3) is 10.2 Å². The van der Waals surface area contributed by atoms with Gasteiger partial charge in [0, 0.05) is 10.6 Å². The van der Waals surface area contributed by atoms with Crippen LogP contribution in [-0.2, 0) is 0 Å². The van der Waals surface area contributed by atoms with Gasteiger partial charge >= 0.3 is 0 Å². The highest BCUT2D eigenvalue weighted by atomic mass is 32.2. The number of hydrogen-bond acceptors (Lipinski definition) is 4. The molecular formula is C13H11N3OS2. The second-order valence-corrected chi connectivity index (χ2v) is 5.96. The quantitative estimate of drug-likeness (QED) is 0.648. The van der Waals surface area contributed by atoms with E-state index < -0.39 is 5.91 Å². The number of nitrogens with one attached hydrogen (secondary N) is 1. The number of H-pyrrole nitrogens is 1. The number of para-hydroxylation sites is 1. The molecule has 5 N–H and O–H groups in total. The Labute approximate surface area is 117 Å². The molecule has 0 saturated heterocycles. The SMILES string of the molecule is NC(=O)c1[nH]c2ccsc2c1Sc1ccccc1N. The summed E-state index contributed by atoms with van der Waals surface area (Å²) in [4.78, 5) is 16.3. The van der Waals surface area contributed by atoms with E-state index in [-0.39, 0.29) is 0 Å². The Morgan fingerprint density at radius 3 is 2.79 bits per heavy atom. The number of carbonyl (C=O) groups is 1. The predicted molar refractivity (Wildman–Crippen MR) is 79.7 cm³/mol. The van der Waals surface area contributed by atoms with Crippen molar-refractivity contribution < 1.29 is 4.79 Å². The Kier molecular flexibility index (Phi) is 2.96. The number of nitrogen functional groups attached to an aromatic ring is 1. The molecule has 0 atom stereocenters. The van der Waals surface area contributed by atoms with E-state index in [1.54, 1.807) is 11.3 Å². The fourth-order valence-electron chi connectivity index (χ4n) is 1.84. The second kappa shape index (κ2) is 4.64. The number of rotatable bonds is 3. The van der Waals surface area contributed by atoms with Gasteiger partial charge in [-0.15, -0.1) is 11.3 Å².